The van der Waals surface area contributed by atoms with Gasteiger partial charge in [-0.2, -0.15) is 0 Å². The highest BCUT2D eigenvalue weighted by molar-refractivity contribution is 5.72. The molecule has 0 N–H and O–H groups in total. The van der Waals surface area contributed by atoms with Crippen molar-refractivity contribution >= 4 is 5.97 Å². The maximum absolute atomic E-state index is 11.8. The van der Waals surface area contributed by atoms with Gasteiger partial charge in [0.1, 0.15) is 5.76 Å². The predicted octanol–water partition coefficient (Wildman–Crippen LogP) is 3.43. The van der Waals surface area contributed by atoms with Gasteiger partial charge in [0.05, 0.1) is 18.2 Å². The first kappa shape index (κ1) is 16.7. The predicted molar refractivity (Wildman–Crippen MR) is 91.3 cm³/mol. The van der Waals surface area contributed by atoms with Crippen molar-refractivity contribution in [3.63, 3.8) is 0 Å². The zero-order valence-corrected chi connectivity index (χ0v) is 14.3. The molecule has 0 amide bonds. The maximum Gasteiger partial charge on any atom is 0.309 e. The molecule has 0 saturated carbocycles. The third-order valence-corrected chi connectivity index (χ3v) is 4.49. The first-order valence-electron chi connectivity index (χ1n) is 8.58. The summed E-state index contributed by atoms with van der Waals surface area (Å²) in [6.45, 7) is 6.80. The lowest BCUT2D eigenvalue weighted by Gasteiger charge is -2.30. The Kier molecular flexibility index (Phi) is 5.30. The number of benzene rings is 1. The first-order valence-corrected chi connectivity index (χ1v) is 8.58. The Morgan fingerprint density at radius 3 is 2.67 bits per heavy atom. The molecule has 5 heteroatoms. The van der Waals surface area contributed by atoms with Gasteiger partial charge in [-0.05, 0) is 51.9 Å². The summed E-state index contributed by atoms with van der Waals surface area (Å²) in [5.74, 6) is 1.52. The molecule has 24 heavy (non-hydrogen) atoms. The Hall–Kier alpha value is -2.14. The van der Waals surface area contributed by atoms with Crippen molar-refractivity contribution in [2.24, 2.45) is 5.92 Å². The number of ether oxygens (including phenoxy) is 1. The molecule has 1 aliphatic heterocycles. The molecule has 1 aromatic heterocycles. The summed E-state index contributed by atoms with van der Waals surface area (Å²) in [6, 6.07) is 9.94. The molecule has 0 atom stereocenters. The number of oxazole rings is 1. The van der Waals surface area contributed by atoms with Gasteiger partial charge in [-0.15, -0.1) is 0 Å². The van der Waals surface area contributed by atoms with Gasteiger partial charge in [0.25, 0.3) is 0 Å². The van der Waals surface area contributed by atoms with Crippen molar-refractivity contribution in [3.05, 3.63) is 41.8 Å². The molecule has 1 fully saturated rings. The van der Waals surface area contributed by atoms with Crippen LogP contribution in [0.15, 0.2) is 34.7 Å². The largest absolute Gasteiger partial charge is 0.466 e. The second kappa shape index (κ2) is 7.62. The number of hydrogen-bond acceptors (Lipinski definition) is 5. The van der Waals surface area contributed by atoms with Gasteiger partial charge < -0.3 is 9.15 Å². The second-order valence-corrected chi connectivity index (χ2v) is 6.19. The summed E-state index contributed by atoms with van der Waals surface area (Å²) < 4.78 is 10.9. The SMILES string of the molecule is CCOC(=O)C1CCN(Cc2nc(-c3ccccc3)oc2C)CC1. The highest BCUT2D eigenvalue weighted by Crippen LogP contribution is 2.24. The summed E-state index contributed by atoms with van der Waals surface area (Å²) in [5, 5.41) is 0. The van der Waals surface area contributed by atoms with Gasteiger partial charge >= 0.3 is 5.97 Å². The molecule has 1 aliphatic rings. The number of rotatable bonds is 5. The number of carbonyl (C=O) groups is 1. The highest BCUT2D eigenvalue weighted by atomic mass is 16.5. The Balaban J connectivity index is 1.60. The number of piperidine rings is 1. The van der Waals surface area contributed by atoms with Crippen LogP contribution in [-0.2, 0) is 16.1 Å². The van der Waals surface area contributed by atoms with Gasteiger partial charge in [0.2, 0.25) is 5.89 Å². The Morgan fingerprint density at radius 2 is 2.00 bits per heavy atom. The van der Waals surface area contributed by atoms with Crippen molar-refractivity contribution < 1.29 is 13.9 Å². The zero-order valence-electron chi connectivity index (χ0n) is 14.3. The average molecular weight is 328 g/mol. The van der Waals surface area contributed by atoms with Gasteiger partial charge in [0.15, 0.2) is 0 Å². The van der Waals surface area contributed by atoms with E-state index >= 15 is 0 Å². The summed E-state index contributed by atoms with van der Waals surface area (Å²) in [4.78, 5) is 18.8. The quantitative estimate of drug-likeness (QED) is 0.787. The molecule has 0 radical (unpaired) electrons. The minimum Gasteiger partial charge on any atom is -0.466 e. The number of hydrogen-bond donors (Lipinski definition) is 0. The number of nitrogens with zero attached hydrogens (tertiary/aromatic N) is 2. The average Bonchev–Trinajstić information content (AvgIpc) is 2.97. The molecule has 128 valence electrons. The number of carbonyl (C=O) groups excluding carboxylic acids is 1. The van der Waals surface area contributed by atoms with Gasteiger partial charge in [-0.1, -0.05) is 18.2 Å². The second-order valence-electron chi connectivity index (χ2n) is 6.19. The molecule has 0 spiro atoms. The normalized spacial score (nSPS) is 16.2. The fourth-order valence-electron chi connectivity index (χ4n) is 3.08. The van der Waals surface area contributed by atoms with Crippen LogP contribution in [0, 0.1) is 12.8 Å². The van der Waals surface area contributed by atoms with E-state index < -0.39 is 0 Å². The van der Waals surface area contributed by atoms with Crippen LogP contribution in [0.2, 0.25) is 0 Å². The van der Waals surface area contributed by atoms with E-state index in [0.29, 0.717) is 12.5 Å². The van der Waals surface area contributed by atoms with Gasteiger partial charge in [0, 0.05) is 12.1 Å². The van der Waals surface area contributed by atoms with Crippen molar-refractivity contribution in [2.45, 2.75) is 33.2 Å². The summed E-state index contributed by atoms with van der Waals surface area (Å²) in [5.41, 5.74) is 1.97. The third kappa shape index (κ3) is 3.85. The Bertz CT molecular complexity index is 673. The molecule has 0 unspecified atom stereocenters. The topological polar surface area (TPSA) is 55.6 Å². The third-order valence-electron chi connectivity index (χ3n) is 4.49. The van der Waals surface area contributed by atoms with E-state index in [-0.39, 0.29) is 11.9 Å². The van der Waals surface area contributed by atoms with Crippen LogP contribution in [-0.4, -0.2) is 35.5 Å². The van der Waals surface area contributed by atoms with E-state index in [2.05, 4.69) is 9.88 Å². The molecule has 3 rings (SSSR count). The van der Waals surface area contributed by atoms with Crippen LogP contribution in [0.3, 0.4) is 0 Å². The van der Waals surface area contributed by atoms with Crippen LogP contribution in [0.4, 0.5) is 0 Å². The first-order chi connectivity index (χ1) is 11.7. The molecule has 1 aromatic carbocycles. The molecule has 2 heterocycles. The van der Waals surface area contributed by atoms with E-state index in [4.69, 9.17) is 9.15 Å². The highest BCUT2D eigenvalue weighted by Gasteiger charge is 2.26. The Labute approximate surface area is 142 Å². The molecule has 2 aromatic rings. The molecule has 0 bridgehead atoms. The monoisotopic (exact) mass is 328 g/mol. The van der Waals surface area contributed by atoms with Crippen molar-refractivity contribution in [1.29, 1.82) is 0 Å². The van der Waals surface area contributed by atoms with Crippen LogP contribution < -0.4 is 0 Å². The lowest BCUT2D eigenvalue weighted by atomic mass is 9.97. The lowest BCUT2D eigenvalue weighted by Crippen LogP contribution is -2.36. The smallest absolute Gasteiger partial charge is 0.309 e. The molecule has 1 saturated heterocycles. The minimum absolute atomic E-state index is 0.0412. The van der Waals surface area contributed by atoms with Gasteiger partial charge in [-0.25, -0.2) is 4.98 Å². The van der Waals surface area contributed by atoms with E-state index in [9.17, 15) is 4.79 Å². The van der Waals surface area contributed by atoms with Crippen LogP contribution >= 0.6 is 0 Å². The van der Waals surface area contributed by atoms with E-state index in [0.717, 1.165) is 49.5 Å². The van der Waals surface area contributed by atoms with Crippen molar-refractivity contribution in [3.8, 4) is 11.5 Å². The fourth-order valence-corrected chi connectivity index (χ4v) is 3.08. The summed E-state index contributed by atoms with van der Waals surface area (Å²) in [7, 11) is 0. The lowest BCUT2D eigenvalue weighted by molar-refractivity contribution is -0.149. The standard InChI is InChI=1S/C19H24N2O3/c1-3-23-19(22)16-9-11-21(12-10-16)13-17-14(2)24-18(20-17)15-7-5-4-6-8-15/h4-8,16H,3,9-13H2,1-2H3. The zero-order chi connectivity index (χ0) is 16.9. The maximum atomic E-state index is 11.8. The Morgan fingerprint density at radius 1 is 1.29 bits per heavy atom. The van der Waals surface area contributed by atoms with Crippen LogP contribution in [0.1, 0.15) is 31.2 Å². The molecule has 0 aliphatic carbocycles. The minimum atomic E-state index is -0.0545. The van der Waals surface area contributed by atoms with Crippen LogP contribution in [0.5, 0.6) is 0 Å². The number of aromatic nitrogens is 1. The van der Waals surface area contributed by atoms with Gasteiger partial charge in [-0.3, -0.25) is 9.69 Å². The molecular weight excluding hydrogens is 304 g/mol. The molecule has 5 nitrogen and oxygen atoms in total. The van der Waals surface area contributed by atoms with E-state index in [1.54, 1.807) is 0 Å². The summed E-state index contributed by atoms with van der Waals surface area (Å²) >= 11 is 0. The summed E-state index contributed by atoms with van der Waals surface area (Å²) in [6.07, 6.45) is 1.70. The fraction of sp³-hybridized carbons (Fsp3) is 0.474. The van der Waals surface area contributed by atoms with Crippen LogP contribution in [0.25, 0.3) is 11.5 Å². The van der Waals surface area contributed by atoms with E-state index in [1.165, 1.54) is 0 Å². The van der Waals surface area contributed by atoms with E-state index in [1.807, 2.05) is 44.2 Å². The number of likely N-dealkylation sites (tertiary alicyclic amines) is 1. The number of esters is 1. The van der Waals surface area contributed by atoms with Crippen molar-refractivity contribution in [1.82, 2.24) is 9.88 Å². The number of aryl methyl sites for hydroxylation is 1. The van der Waals surface area contributed by atoms with Crippen molar-refractivity contribution in [2.75, 3.05) is 19.7 Å². The molecular formula is C19H24N2O3.